The zero-order chi connectivity index (χ0) is 9.97. The standard InChI is InChI=1S/C11H15BrN2/c1-2-14(10-4-5-10)11-6-3-9(7-12)8-13-11/h3,6,8,10H,2,4-5,7H2,1H3. The molecule has 0 N–H and O–H groups in total. The van der Waals surface area contributed by atoms with E-state index in [0.717, 1.165) is 23.7 Å². The highest BCUT2D eigenvalue weighted by molar-refractivity contribution is 9.08. The molecule has 0 aliphatic heterocycles. The molecule has 1 heterocycles. The molecule has 1 aromatic heterocycles. The van der Waals surface area contributed by atoms with E-state index in [1.807, 2.05) is 6.20 Å². The van der Waals surface area contributed by atoms with E-state index >= 15 is 0 Å². The van der Waals surface area contributed by atoms with E-state index in [0.29, 0.717) is 0 Å². The maximum Gasteiger partial charge on any atom is 0.128 e. The van der Waals surface area contributed by atoms with E-state index in [9.17, 15) is 0 Å². The van der Waals surface area contributed by atoms with E-state index in [1.54, 1.807) is 0 Å². The van der Waals surface area contributed by atoms with E-state index in [4.69, 9.17) is 0 Å². The average Bonchev–Trinajstić information content (AvgIpc) is 3.04. The van der Waals surface area contributed by atoms with Crippen molar-refractivity contribution in [1.82, 2.24) is 4.98 Å². The lowest BCUT2D eigenvalue weighted by atomic mass is 10.3. The first-order valence-electron chi connectivity index (χ1n) is 5.12. The Kier molecular flexibility index (Phi) is 3.06. The number of anilines is 1. The molecule has 0 unspecified atom stereocenters. The number of aromatic nitrogens is 1. The van der Waals surface area contributed by atoms with Gasteiger partial charge in [0.25, 0.3) is 0 Å². The highest BCUT2D eigenvalue weighted by Crippen LogP contribution is 2.30. The molecule has 0 atom stereocenters. The predicted molar refractivity (Wildman–Crippen MR) is 62.9 cm³/mol. The van der Waals surface area contributed by atoms with Gasteiger partial charge in [0.2, 0.25) is 0 Å². The van der Waals surface area contributed by atoms with Crippen molar-refractivity contribution >= 4 is 21.7 Å². The van der Waals surface area contributed by atoms with Gasteiger partial charge in [-0.15, -0.1) is 0 Å². The summed E-state index contributed by atoms with van der Waals surface area (Å²) in [4.78, 5) is 6.86. The highest BCUT2D eigenvalue weighted by Gasteiger charge is 2.28. The molecule has 2 rings (SSSR count). The van der Waals surface area contributed by atoms with Crippen LogP contribution in [-0.4, -0.2) is 17.6 Å². The van der Waals surface area contributed by atoms with Crippen molar-refractivity contribution in [2.75, 3.05) is 11.4 Å². The van der Waals surface area contributed by atoms with Gasteiger partial charge in [-0.2, -0.15) is 0 Å². The second-order valence-corrected chi connectivity index (χ2v) is 4.24. The van der Waals surface area contributed by atoms with Crippen molar-refractivity contribution in [3.05, 3.63) is 23.9 Å². The Balaban J connectivity index is 2.13. The Morgan fingerprint density at radius 3 is 2.71 bits per heavy atom. The fourth-order valence-corrected chi connectivity index (χ4v) is 1.99. The number of halogens is 1. The number of pyridine rings is 1. The minimum Gasteiger partial charge on any atom is -0.354 e. The minimum atomic E-state index is 0.752. The Morgan fingerprint density at radius 2 is 2.29 bits per heavy atom. The molecule has 1 fully saturated rings. The van der Waals surface area contributed by atoms with Gasteiger partial charge in [0.1, 0.15) is 5.82 Å². The second kappa shape index (κ2) is 4.30. The second-order valence-electron chi connectivity index (χ2n) is 3.68. The molecule has 0 saturated heterocycles. The first kappa shape index (κ1) is 9.97. The van der Waals surface area contributed by atoms with Crippen LogP contribution in [0.15, 0.2) is 18.3 Å². The average molecular weight is 255 g/mol. The number of hydrogen-bond donors (Lipinski definition) is 0. The third kappa shape index (κ3) is 2.08. The maximum absolute atomic E-state index is 4.48. The van der Waals surface area contributed by atoms with Crippen molar-refractivity contribution in [1.29, 1.82) is 0 Å². The van der Waals surface area contributed by atoms with Crippen LogP contribution in [0.4, 0.5) is 5.82 Å². The van der Waals surface area contributed by atoms with Gasteiger partial charge in [0.15, 0.2) is 0 Å². The zero-order valence-corrected chi connectivity index (χ0v) is 10.00. The van der Waals surface area contributed by atoms with Gasteiger partial charge >= 0.3 is 0 Å². The van der Waals surface area contributed by atoms with Gasteiger partial charge < -0.3 is 4.90 Å². The summed E-state index contributed by atoms with van der Waals surface area (Å²) in [6.45, 7) is 3.25. The van der Waals surface area contributed by atoms with E-state index < -0.39 is 0 Å². The first-order chi connectivity index (χ1) is 6.85. The molecule has 0 aromatic carbocycles. The van der Waals surface area contributed by atoms with Crippen LogP contribution in [-0.2, 0) is 5.33 Å². The topological polar surface area (TPSA) is 16.1 Å². The van der Waals surface area contributed by atoms with Crippen LogP contribution >= 0.6 is 15.9 Å². The molecular formula is C11H15BrN2. The molecule has 1 aliphatic carbocycles. The monoisotopic (exact) mass is 254 g/mol. The molecule has 0 bridgehead atoms. The van der Waals surface area contributed by atoms with Gasteiger partial charge in [0.05, 0.1) is 0 Å². The number of hydrogen-bond acceptors (Lipinski definition) is 2. The molecule has 76 valence electrons. The predicted octanol–water partition coefficient (Wildman–Crippen LogP) is 2.97. The third-order valence-corrected chi connectivity index (χ3v) is 3.23. The maximum atomic E-state index is 4.48. The highest BCUT2D eigenvalue weighted by atomic mass is 79.9. The molecule has 1 aromatic rings. The quantitative estimate of drug-likeness (QED) is 0.769. The molecule has 0 amide bonds. The van der Waals surface area contributed by atoms with E-state index in [-0.39, 0.29) is 0 Å². The van der Waals surface area contributed by atoms with Crippen molar-refractivity contribution in [2.24, 2.45) is 0 Å². The Morgan fingerprint density at radius 1 is 1.50 bits per heavy atom. The van der Waals surface area contributed by atoms with E-state index in [2.05, 4.69) is 44.9 Å². The van der Waals surface area contributed by atoms with Gasteiger partial charge in [-0.3, -0.25) is 0 Å². The first-order valence-corrected chi connectivity index (χ1v) is 6.25. The van der Waals surface area contributed by atoms with Crippen LogP contribution in [0.1, 0.15) is 25.3 Å². The molecule has 1 saturated carbocycles. The van der Waals surface area contributed by atoms with Crippen LogP contribution in [0.5, 0.6) is 0 Å². The SMILES string of the molecule is CCN(c1ccc(CBr)cn1)C1CC1. The van der Waals surface area contributed by atoms with E-state index in [1.165, 1.54) is 18.4 Å². The van der Waals surface area contributed by atoms with Crippen molar-refractivity contribution < 1.29 is 0 Å². The molecular weight excluding hydrogens is 240 g/mol. The van der Waals surface area contributed by atoms with Gasteiger partial charge in [0, 0.05) is 24.1 Å². The summed E-state index contributed by atoms with van der Waals surface area (Å²) >= 11 is 3.42. The van der Waals surface area contributed by atoms with Gasteiger partial charge in [-0.05, 0) is 31.4 Å². The fraction of sp³-hybridized carbons (Fsp3) is 0.545. The summed E-state index contributed by atoms with van der Waals surface area (Å²) in [5.41, 5.74) is 1.24. The van der Waals surface area contributed by atoms with Crippen molar-refractivity contribution in [2.45, 2.75) is 31.1 Å². The summed E-state index contributed by atoms with van der Waals surface area (Å²) in [7, 11) is 0. The van der Waals surface area contributed by atoms with Gasteiger partial charge in [-0.25, -0.2) is 4.98 Å². The Labute approximate surface area is 93.5 Å². The van der Waals surface area contributed by atoms with Crippen LogP contribution in [0.2, 0.25) is 0 Å². The Bertz CT molecular complexity index is 293. The molecule has 3 heteroatoms. The number of rotatable bonds is 4. The Hall–Kier alpha value is -0.570. The van der Waals surface area contributed by atoms with Crippen LogP contribution in [0.3, 0.4) is 0 Å². The minimum absolute atomic E-state index is 0.752. The van der Waals surface area contributed by atoms with Crippen molar-refractivity contribution in [3.8, 4) is 0 Å². The molecule has 0 radical (unpaired) electrons. The number of alkyl halides is 1. The summed E-state index contributed by atoms with van der Waals surface area (Å²) < 4.78 is 0. The van der Waals surface area contributed by atoms with Crippen LogP contribution in [0, 0.1) is 0 Å². The van der Waals surface area contributed by atoms with Crippen LogP contribution < -0.4 is 4.90 Å². The lowest BCUT2D eigenvalue weighted by Gasteiger charge is -2.21. The van der Waals surface area contributed by atoms with Crippen LogP contribution in [0.25, 0.3) is 0 Å². The summed E-state index contributed by atoms with van der Waals surface area (Å²) in [6, 6.07) is 5.02. The fourth-order valence-electron chi connectivity index (χ4n) is 1.66. The van der Waals surface area contributed by atoms with Crippen molar-refractivity contribution in [3.63, 3.8) is 0 Å². The smallest absolute Gasteiger partial charge is 0.128 e. The summed E-state index contributed by atoms with van der Waals surface area (Å²) in [5.74, 6) is 1.12. The molecule has 1 aliphatic rings. The lowest BCUT2D eigenvalue weighted by molar-refractivity contribution is 0.808. The molecule has 14 heavy (non-hydrogen) atoms. The van der Waals surface area contributed by atoms with Gasteiger partial charge in [-0.1, -0.05) is 22.0 Å². The third-order valence-electron chi connectivity index (χ3n) is 2.59. The largest absolute Gasteiger partial charge is 0.354 e. The molecule has 0 spiro atoms. The lowest BCUT2D eigenvalue weighted by Crippen LogP contribution is -2.25. The zero-order valence-electron chi connectivity index (χ0n) is 8.41. The number of nitrogens with zero attached hydrogens (tertiary/aromatic N) is 2. The summed E-state index contributed by atoms with van der Waals surface area (Å²) in [6.07, 6.45) is 4.61. The normalized spacial score (nSPS) is 15.6. The molecule has 2 nitrogen and oxygen atoms in total. The summed E-state index contributed by atoms with van der Waals surface area (Å²) in [5, 5.41) is 0.885.